The lowest BCUT2D eigenvalue weighted by Gasteiger charge is -2.26. The van der Waals surface area contributed by atoms with E-state index >= 15 is 0 Å². The predicted octanol–water partition coefficient (Wildman–Crippen LogP) is 0.854. The number of aromatic amines is 1. The number of sulfonamides is 1. The van der Waals surface area contributed by atoms with E-state index in [-0.39, 0.29) is 17.8 Å². The molecule has 1 saturated heterocycles. The number of hydrogen-bond donors (Lipinski definition) is 1. The molecule has 1 atom stereocenters. The van der Waals surface area contributed by atoms with Gasteiger partial charge in [0.2, 0.25) is 10.0 Å². The summed E-state index contributed by atoms with van der Waals surface area (Å²) in [5, 5.41) is 9.69. The summed E-state index contributed by atoms with van der Waals surface area (Å²) in [5.74, 6) is 0.810. The van der Waals surface area contributed by atoms with Crippen molar-refractivity contribution < 1.29 is 8.42 Å². The molecule has 0 radical (unpaired) electrons. The Kier molecular flexibility index (Phi) is 3.66. The fourth-order valence-electron chi connectivity index (χ4n) is 3.33. The number of hydrogen-bond acceptors (Lipinski definition) is 6. The standard InChI is InChI=1S/C15H18N6O2S/c16-5-8-21(24(22,23)12-1-2-12)11-4-7-20(9-11)15-13-3-6-17-14(13)18-10-19-15/h3,6,10-12H,1-2,4,7-9H2,(H,17,18,19)/t11-/m1/s1. The lowest BCUT2D eigenvalue weighted by atomic mass is 10.2. The van der Waals surface area contributed by atoms with Crippen molar-refractivity contribution in [3.63, 3.8) is 0 Å². The first-order valence-corrected chi connectivity index (χ1v) is 9.52. The molecule has 126 valence electrons. The van der Waals surface area contributed by atoms with E-state index in [1.807, 2.05) is 18.3 Å². The highest BCUT2D eigenvalue weighted by atomic mass is 32.2. The minimum absolute atomic E-state index is 0.0827. The van der Waals surface area contributed by atoms with Crippen molar-refractivity contribution in [3.05, 3.63) is 18.6 Å². The molecule has 2 aromatic rings. The third-order valence-electron chi connectivity index (χ3n) is 4.70. The van der Waals surface area contributed by atoms with Gasteiger partial charge in [0.05, 0.1) is 16.7 Å². The number of aromatic nitrogens is 3. The first-order valence-electron chi connectivity index (χ1n) is 8.02. The van der Waals surface area contributed by atoms with Crippen molar-refractivity contribution in [1.29, 1.82) is 5.26 Å². The van der Waals surface area contributed by atoms with Gasteiger partial charge in [-0.1, -0.05) is 0 Å². The maximum atomic E-state index is 12.6. The molecule has 0 spiro atoms. The van der Waals surface area contributed by atoms with Crippen molar-refractivity contribution >= 4 is 26.9 Å². The molecule has 1 aliphatic heterocycles. The van der Waals surface area contributed by atoms with Gasteiger partial charge in [0.15, 0.2) is 0 Å². The van der Waals surface area contributed by atoms with Crippen LogP contribution in [0.15, 0.2) is 18.6 Å². The number of anilines is 1. The molecule has 0 amide bonds. The third-order valence-corrected chi connectivity index (χ3v) is 7.10. The second-order valence-corrected chi connectivity index (χ2v) is 8.44. The highest BCUT2D eigenvalue weighted by molar-refractivity contribution is 7.90. The van der Waals surface area contributed by atoms with Gasteiger partial charge in [-0.3, -0.25) is 0 Å². The number of rotatable bonds is 5. The van der Waals surface area contributed by atoms with Crippen LogP contribution in [0.25, 0.3) is 11.0 Å². The molecule has 2 aliphatic rings. The van der Waals surface area contributed by atoms with Crippen LogP contribution in [0.5, 0.6) is 0 Å². The average Bonchev–Trinajstić information content (AvgIpc) is 3.15. The molecule has 0 unspecified atom stereocenters. The number of nitrogens with zero attached hydrogens (tertiary/aromatic N) is 5. The van der Waals surface area contributed by atoms with Gasteiger partial charge in [-0.15, -0.1) is 0 Å². The summed E-state index contributed by atoms with van der Waals surface area (Å²) in [5.41, 5.74) is 0.767. The average molecular weight is 346 g/mol. The first kappa shape index (κ1) is 15.4. The van der Waals surface area contributed by atoms with E-state index in [0.29, 0.717) is 32.4 Å². The molecular weight excluding hydrogens is 328 g/mol. The van der Waals surface area contributed by atoms with Crippen LogP contribution in [0.1, 0.15) is 19.3 Å². The van der Waals surface area contributed by atoms with Crippen molar-refractivity contribution in [2.24, 2.45) is 0 Å². The molecule has 2 aromatic heterocycles. The zero-order valence-electron chi connectivity index (χ0n) is 13.1. The molecule has 2 fully saturated rings. The maximum absolute atomic E-state index is 12.6. The summed E-state index contributed by atoms with van der Waals surface area (Å²) in [4.78, 5) is 13.7. The Balaban J connectivity index is 1.59. The minimum atomic E-state index is -3.37. The van der Waals surface area contributed by atoms with Crippen molar-refractivity contribution in [1.82, 2.24) is 19.3 Å². The number of fused-ring (bicyclic) bond motifs is 1. The normalized spacial score (nSPS) is 21.5. The zero-order chi connectivity index (χ0) is 16.7. The SMILES string of the molecule is N#CCN([C@@H]1CCN(c2ncnc3[nH]ccc23)C1)S(=O)(=O)C1CC1. The Morgan fingerprint density at radius 1 is 1.38 bits per heavy atom. The summed E-state index contributed by atoms with van der Waals surface area (Å²) in [6.07, 6.45) is 5.43. The molecule has 0 aromatic carbocycles. The van der Waals surface area contributed by atoms with Crippen molar-refractivity contribution in [2.45, 2.75) is 30.6 Å². The highest BCUT2D eigenvalue weighted by Crippen LogP contribution is 2.34. The highest BCUT2D eigenvalue weighted by Gasteiger charge is 2.44. The summed E-state index contributed by atoms with van der Waals surface area (Å²) in [6.45, 7) is 1.18. The Morgan fingerprint density at radius 2 is 2.21 bits per heavy atom. The van der Waals surface area contributed by atoms with Crippen LogP contribution in [0.3, 0.4) is 0 Å². The van der Waals surface area contributed by atoms with Crippen LogP contribution >= 0.6 is 0 Å². The van der Waals surface area contributed by atoms with Gasteiger partial charge in [-0.05, 0) is 25.3 Å². The topological polar surface area (TPSA) is 106 Å². The van der Waals surface area contributed by atoms with E-state index in [2.05, 4.69) is 19.9 Å². The monoisotopic (exact) mass is 346 g/mol. The minimum Gasteiger partial charge on any atom is -0.354 e. The molecule has 0 bridgehead atoms. The second kappa shape index (κ2) is 5.72. The van der Waals surface area contributed by atoms with E-state index < -0.39 is 10.0 Å². The summed E-state index contributed by atoms with van der Waals surface area (Å²) >= 11 is 0. The third kappa shape index (κ3) is 2.52. The number of nitriles is 1. The Hall–Kier alpha value is -2.18. The molecule has 8 nitrogen and oxygen atoms in total. The van der Waals surface area contributed by atoms with Crippen LogP contribution in [0, 0.1) is 11.3 Å². The van der Waals surface area contributed by atoms with E-state index in [0.717, 1.165) is 16.9 Å². The van der Waals surface area contributed by atoms with Crippen molar-refractivity contribution in [3.8, 4) is 6.07 Å². The van der Waals surface area contributed by atoms with E-state index in [1.165, 1.54) is 10.6 Å². The van der Waals surface area contributed by atoms with E-state index in [4.69, 9.17) is 5.26 Å². The van der Waals surface area contributed by atoms with Crippen molar-refractivity contribution in [2.75, 3.05) is 24.5 Å². The second-order valence-electron chi connectivity index (χ2n) is 6.27. The quantitative estimate of drug-likeness (QED) is 0.805. The van der Waals surface area contributed by atoms with Crippen LogP contribution in [0.2, 0.25) is 0 Å². The largest absolute Gasteiger partial charge is 0.354 e. The van der Waals surface area contributed by atoms with Crippen LogP contribution in [0.4, 0.5) is 5.82 Å². The van der Waals surface area contributed by atoms with Gasteiger partial charge < -0.3 is 9.88 Å². The fourth-order valence-corrected chi connectivity index (χ4v) is 5.27. The zero-order valence-corrected chi connectivity index (χ0v) is 13.9. The molecular formula is C15H18N6O2S. The maximum Gasteiger partial charge on any atom is 0.218 e. The lowest BCUT2D eigenvalue weighted by Crippen LogP contribution is -2.43. The van der Waals surface area contributed by atoms with Crippen LogP contribution in [-0.2, 0) is 10.0 Å². The summed E-state index contributed by atoms with van der Waals surface area (Å²) in [6, 6.07) is 3.75. The molecule has 9 heteroatoms. The van der Waals surface area contributed by atoms with Gasteiger partial charge in [0, 0.05) is 25.3 Å². The molecule has 3 heterocycles. The number of nitrogens with one attached hydrogen (secondary N) is 1. The van der Waals surface area contributed by atoms with Crippen LogP contribution < -0.4 is 4.90 Å². The Bertz CT molecular complexity index is 898. The van der Waals surface area contributed by atoms with Gasteiger partial charge in [0.25, 0.3) is 0 Å². The van der Waals surface area contributed by atoms with Gasteiger partial charge in [-0.2, -0.15) is 9.57 Å². The smallest absolute Gasteiger partial charge is 0.218 e. The molecule has 4 rings (SSSR count). The van der Waals surface area contributed by atoms with E-state index in [9.17, 15) is 8.42 Å². The number of H-pyrrole nitrogens is 1. The van der Waals surface area contributed by atoms with Crippen LogP contribution in [-0.4, -0.2) is 58.6 Å². The predicted molar refractivity (Wildman–Crippen MR) is 88.8 cm³/mol. The fraction of sp³-hybridized carbons (Fsp3) is 0.533. The molecule has 1 saturated carbocycles. The van der Waals surface area contributed by atoms with Gasteiger partial charge >= 0.3 is 0 Å². The van der Waals surface area contributed by atoms with Gasteiger partial charge in [-0.25, -0.2) is 18.4 Å². The Labute approximate surface area is 140 Å². The molecule has 1 N–H and O–H groups in total. The summed E-state index contributed by atoms with van der Waals surface area (Å²) in [7, 11) is -3.37. The summed E-state index contributed by atoms with van der Waals surface area (Å²) < 4.78 is 26.6. The van der Waals surface area contributed by atoms with E-state index in [1.54, 1.807) is 0 Å². The lowest BCUT2D eigenvalue weighted by molar-refractivity contribution is 0.365. The first-order chi connectivity index (χ1) is 11.6. The molecule has 24 heavy (non-hydrogen) atoms. The molecule has 1 aliphatic carbocycles. The Morgan fingerprint density at radius 3 is 2.96 bits per heavy atom. The van der Waals surface area contributed by atoms with Gasteiger partial charge in [0.1, 0.15) is 24.3 Å².